The summed E-state index contributed by atoms with van der Waals surface area (Å²) < 4.78 is 0.988. The Hall–Kier alpha value is -2.03. The Labute approximate surface area is 176 Å². The molecule has 0 aliphatic carbocycles. The molecule has 2 aromatic carbocycles. The Bertz CT molecular complexity index is 709. The molecule has 0 aliphatic heterocycles. The first-order valence-corrected chi connectivity index (χ1v) is 10.7. The minimum absolute atomic E-state index is 0.792. The number of allylic oxidation sites excluding steroid dienone is 1. The second-order valence-corrected chi connectivity index (χ2v) is 7.85. The van der Waals surface area contributed by atoms with E-state index in [1.54, 1.807) is 0 Å². The maximum Gasteiger partial charge on any atom is 0.105 e. The van der Waals surface area contributed by atoms with E-state index in [0.717, 1.165) is 55.1 Å². The van der Waals surface area contributed by atoms with Crippen molar-refractivity contribution in [2.75, 3.05) is 31.5 Å². The molecule has 150 valence electrons. The van der Waals surface area contributed by atoms with Crippen LogP contribution < -0.4 is 5.32 Å². The molecule has 0 saturated carbocycles. The number of anilines is 1. The van der Waals surface area contributed by atoms with Crippen LogP contribution in [-0.2, 0) is 6.54 Å². The zero-order chi connectivity index (χ0) is 20.1. The number of hydrogen-bond donors (Lipinski definition) is 1. The Morgan fingerprint density at radius 1 is 1.00 bits per heavy atom. The van der Waals surface area contributed by atoms with E-state index in [4.69, 9.17) is 11.6 Å². The molecule has 2 rings (SSSR count). The van der Waals surface area contributed by atoms with Crippen LogP contribution in [0.2, 0.25) is 5.02 Å². The lowest BCUT2D eigenvalue weighted by Gasteiger charge is -2.37. The van der Waals surface area contributed by atoms with E-state index in [9.17, 15) is 0 Å². The number of para-hydroxylation sites is 1. The maximum atomic E-state index is 6.08. The summed E-state index contributed by atoms with van der Waals surface area (Å²) in [6, 6.07) is 18.7. The second kappa shape index (κ2) is 12.4. The summed E-state index contributed by atoms with van der Waals surface area (Å²) in [6.07, 6.45) is 10.2. The van der Waals surface area contributed by atoms with Gasteiger partial charge in [0.05, 0.1) is 19.6 Å². The number of nitrogens with one attached hydrogen (secondary N) is 1. The summed E-state index contributed by atoms with van der Waals surface area (Å²) in [4.78, 5) is 0. The fourth-order valence-electron chi connectivity index (χ4n) is 3.50. The molecule has 0 heterocycles. The van der Waals surface area contributed by atoms with E-state index in [1.807, 2.05) is 18.2 Å². The van der Waals surface area contributed by atoms with E-state index < -0.39 is 0 Å². The molecular formula is C25H34ClN2+. The van der Waals surface area contributed by atoms with Gasteiger partial charge in [-0.1, -0.05) is 67.9 Å². The molecule has 1 unspecified atom stereocenters. The zero-order valence-corrected chi connectivity index (χ0v) is 17.9. The first-order valence-electron chi connectivity index (χ1n) is 10.3. The van der Waals surface area contributed by atoms with Gasteiger partial charge in [0.2, 0.25) is 0 Å². The van der Waals surface area contributed by atoms with Crippen molar-refractivity contribution in [3.63, 3.8) is 0 Å². The molecule has 3 heteroatoms. The Morgan fingerprint density at radius 2 is 1.75 bits per heavy atom. The van der Waals surface area contributed by atoms with E-state index in [1.165, 1.54) is 17.7 Å². The van der Waals surface area contributed by atoms with Crippen molar-refractivity contribution >= 4 is 17.3 Å². The fraction of sp³-hybridized carbons (Fsp3) is 0.360. The number of halogens is 1. The van der Waals surface area contributed by atoms with E-state index in [0.29, 0.717) is 0 Å². The average molecular weight is 398 g/mol. The van der Waals surface area contributed by atoms with Gasteiger partial charge in [0, 0.05) is 29.2 Å². The van der Waals surface area contributed by atoms with Crippen LogP contribution in [0.5, 0.6) is 0 Å². The van der Waals surface area contributed by atoms with Crippen molar-refractivity contribution in [2.24, 2.45) is 0 Å². The predicted octanol–water partition coefficient (Wildman–Crippen LogP) is 6.70. The third-order valence-electron chi connectivity index (χ3n) is 4.97. The Balaban J connectivity index is 2.05. The fourth-order valence-corrected chi connectivity index (χ4v) is 3.63. The molecule has 0 bridgehead atoms. The molecule has 2 aromatic rings. The number of hydrogen-bond acceptors (Lipinski definition) is 1. The molecule has 0 amide bonds. The molecule has 1 N–H and O–H groups in total. The molecule has 0 aliphatic rings. The molecule has 0 saturated heterocycles. The summed E-state index contributed by atoms with van der Waals surface area (Å²) in [7, 11) is 0. The Morgan fingerprint density at radius 3 is 2.43 bits per heavy atom. The molecule has 28 heavy (non-hydrogen) atoms. The third-order valence-corrected chi connectivity index (χ3v) is 5.23. The van der Waals surface area contributed by atoms with Crippen LogP contribution in [0.15, 0.2) is 79.4 Å². The predicted molar refractivity (Wildman–Crippen MR) is 124 cm³/mol. The van der Waals surface area contributed by atoms with Gasteiger partial charge in [-0.05, 0) is 42.8 Å². The van der Waals surface area contributed by atoms with Crippen LogP contribution in [0, 0.1) is 0 Å². The van der Waals surface area contributed by atoms with Gasteiger partial charge in [0.15, 0.2) is 0 Å². The quantitative estimate of drug-likeness (QED) is 0.225. The summed E-state index contributed by atoms with van der Waals surface area (Å²) in [5.74, 6) is 0. The zero-order valence-electron chi connectivity index (χ0n) is 17.1. The number of benzene rings is 2. The minimum atomic E-state index is 0.792. The first-order chi connectivity index (χ1) is 13.7. The lowest BCUT2D eigenvalue weighted by atomic mass is 10.1. The van der Waals surface area contributed by atoms with Gasteiger partial charge in [0.25, 0.3) is 0 Å². The average Bonchev–Trinajstić information content (AvgIpc) is 2.71. The minimum Gasteiger partial charge on any atom is -0.385 e. The Kier molecular flexibility index (Phi) is 9.88. The van der Waals surface area contributed by atoms with Crippen LogP contribution in [0.4, 0.5) is 5.69 Å². The van der Waals surface area contributed by atoms with Gasteiger partial charge in [-0.3, -0.25) is 0 Å². The van der Waals surface area contributed by atoms with E-state index in [-0.39, 0.29) is 0 Å². The normalized spacial score (nSPS) is 13.4. The van der Waals surface area contributed by atoms with Gasteiger partial charge in [0.1, 0.15) is 6.54 Å². The summed E-state index contributed by atoms with van der Waals surface area (Å²) >= 11 is 6.08. The highest BCUT2D eigenvalue weighted by molar-refractivity contribution is 6.30. The van der Waals surface area contributed by atoms with Gasteiger partial charge in [-0.25, -0.2) is 0 Å². The topological polar surface area (TPSA) is 12.0 Å². The smallest absolute Gasteiger partial charge is 0.105 e. The van der Waals surface area contributed by atoms with Crippen molar-refractivity contribution in [3.8, 4) is 0 Å². The van der Waals surface area contributed by atoms with Gasteiger partial charge >= 0.3 is 0 Å². The highest BCUT2D eigenvalue weighted by Crippen LogP contribution is 2.19. The number of unbranched alkanes of at least 4 members (excludes halogenated alkanes) is 1. The van der Waals surface area contributed by atoms with Crippen LogP contribution >= 0.6 is 11.6 Å². The van der Waals surface area contributed by atoms with Crippen molar-refractivity contribution in [1.82, 2.24) is 0 Å². The van der Waals surface area contributed by atoms with Crippen molar-refractivity contribution in [2.45, 2.75) is 32.7 Å². The second-order valence-electron chi connectivity index (χ2n) is 7.41. The number of rotatable bonds is 13. The molecule has 0 fully saturated rings. The highest BCUT2D eigenvalue weighted by Gasteiger charge is 2.25. The van der Waals surface area contributed by atoms with E-state index in [2.05, 4.69) is 73.4 Å². The van der Waals surface area contributed by atoms with Crippen molar-refractivity contribution in [1.29, 1.82) is 0 Å². The molecule has 0 radical (unpaired) electrons. The number of quaternary nitrogens is 1. The molecular weight excluding hydrogens is 364 g/mol. The van der Waals surface area contributed by atoms with Gasteiger partial charge < -0.3 is 9.80 Å². The van der Waals surface area contributed by atoms with Crippen molar-refractivity contribution in [3.05, 3.63) is 90.0 Å². The van der Waals surface area contributed by atoms with Crippen LogP contribution in [-0.4, -0.2) is 30.7 Å². The van der Waals surface area contributed by atoms with Crippen LogP contribution in [0.25, 0.3) is 0 Å². The molecule has 0 spiro atoms. The highest BCUT2D eigenvalue weighted by atomic mass is 35.5. The molecule has 2 nitrogen and oxygen atoms in total. The SMILES string of the molecule is C=CC[N+](CC=CCCC)(CCCNc1ccccc1)Cc1ccc(Cl)cc1. The molecule has 0 aromatic heterocycles. The first kappa shape index (κ1) is 22.3. The lowest BCUT2D eigenvalue weighted by molar-refractivity contribution is -0.930. The van der Waals surface area contributed by atoms with E-state index >= 15 is 0 Å². The van der Waals surface area contributed by atoms with Crippen LogP contribution in [0.1, 0.15) is 31.7 Å². The van der Waals surface area contributed by atoms with Gasteiger partial charge in [-0.15, -0.1) is 0 Å². The standard InChI is InChI=1S/C25H34ClN2/c1-3-5-6-10-20-28(19-4-2,22-23-14-16-24(26)17-15-23)21-11-18-27-25-12-8-7-9-13-25/h4,6-10,12-17,27H,2-3,5,11,18-22H2,1H3/q+1. The summed E-state index contributed by atoms with van der Waals surface area (Å²) in [6.45, 7) is 11.3. The van der Waals surface area contributed by atoms with Crippen LogP contribution in [0.3, 0.4) is 0 Å². The monoisotopic (exact) mass is 397 g/mol. The third kappa shape index (κ3) is 7.92. The number of nitrogens with zero attached hydrogens (tertiary/aromatic N) is 1. The summed E-state index contributed by atoms with van der Waals surface area (Å²) in [5, 5.41) is 4.33. The molecule has 1 atom stereocenters. The van der Waals surface area contributed by atoms with Crippen molar-refractivity contribution < 1.29 is 4.48 Å². The van der Waals surface area contributed by atoms with Gasteiger partial charge in [-0.2, -0.15) is 0 Å². The maximum absolute atomic E-state index is 6.08. The summed E-state index contributed by atoms with van der Waals surface area (Å²) in [5.41, 5.74) is 2.51. The largest absolute Gasteiger partial charge is 0.385 e. The lowest BCUT2D eigenvalue weighted by Crippen LogP contribution is -2.48.